The van der Waals surface area contributed by atoms with E-state index in [4.69, 9.17) is 4.74 Å². The Morgan fingerprint density at radius 2 is 2.14 bits per heavy atom. The SMILES string of the molecule is CCOc1ccccc1NC(=O)c1ccc2ncsc2c1. The number of benzene rings is 2. The minimum atomic E-state index is -0.155. The van der Waals surface area contributed by atoms with Crippen LogP contribution in [0.1, 0.15) is 17.3 Å². The second kappa shape index (κ2) is 5.93. The minimum absolute atomic E-state index is 0.155. The number of nitrogens with one attached hydrogen (secondary N) is 1. The van der Waals surface area contributed by atoms with Crippen molar-refractivity contribution in [3.8, 4) is 5.75 Å². The predicted molar refractivity (Wildman–Crippen MR) is 85.2 cm³/mol. The smallest absolute Gasteiger partial charge is 0.255 e. The van der Waals surface area contributed by atoms with Gasteiger partial charge in [-0.3, -0.25) is 4.79 Å². The third-order valence-electron chi connectivity index (χ3n) is 3.03. The van der Waals surface area contributed by atoms with Crippen LogP contribution in [0.2, 0.25) is 0 Å². The standard InChI is InChI=1S/C16H14N2O2S/c1-2-20-14-6-4-3-5-12(14)18-16(19)11-7-8-13-15(9-11)21-10-17-13/h3-10H,2H2,1H3,(H,18,19). The van der Waals surface area contributed by atoms with Gasteiger partial charge in [-0.25, -0.2) is 4.98 Å². The van der Waals surface area contributed by atoms with Gasteiger partial charge in [0.05, 0.1) is 28.0 Å². The number of hydrogen-bond acceptors (Lipinski definition) is 4. The van der Waals surface area contributed by atoms with E-state index in [1.807, 2.05) is 43.3 Å². The summed E-state index contributed by atoms with van der Waals surface area (Å²) in [7, 11) is 0. The van der Waals surface area contributed by atoms with Gasteiger partial charge < -0.3 is 10.1 Å². The van der Waals surface area contributed by atoms with E-state index >= 15 is 0 Å². The van der Waals surface area contributed by atoms with Crippen LogP contribution in [0.15, 0.2) is 48.0 Å². The molecule has 0 aliphatic carbocycles. The van der Waals surface area contributed by atoms with Crippen LogP contribution in [0, 0.1) is 0 Å². The van der Waals surface area contributed by atoms with Gasteiger partial charge in [-0.2, -0.15) is 0 Å². The maximum Gasteiger partial charge on any atom is 0.255 e. The van der Waals surface area contributed by atoms with Gasteiger partial charge in [-0.05, 0) is 37.3 Å². The zero-order chi connectivity index (χ0) is 14.7. The molecule has 106 valence electrons. The quantitative estimate of drug-likeness (QED) is 0.793. The number of thiazole rings is 1. The molecule has 0 saturated carbocycles. The van der Waals surface area contributed by atoms with Crippen molar-refractivity contribution >= 4 is 33.1 Å². The largest absolute Gasteiger partial charge is 0.492 e. The van der Waals surface area contributed by atoms with Gasteiger partial charge in [0.15, 0.2) is 0 Å². The van der Waals surface area contributed by atoms with E-state index in [2.05, 4.69) is 10.3 Å². The molecule has 0 bridgehead atoms. The monoisotopic (exact) mass is 298 g/mol. The molecule has 21 heavy (non-hydrogen) atoms. The molecular formula is C16H14N2O2S. The van der Waals surface area contributed by atoms with E-state index in [0.29, 0.717) is 23.6 Å². The molecule has 0 unspecified atom stereocenters. The van der Waals surface area contributed by atoms with Crippen LogP contribution >= 0.6 is 11.3 Å². The topological polar surface area (TPSA) is 51.2 Å². The van der Waals surface area contributed by atoms with Crippen molar-refractivity contribution in [3.63, 3.8) is 0 Å². The number of anilines is 1. The molecule has 2 aromatic carbocycles. The summed E-state index contributed by atoms with van der Waals surface area (Å²) < 4.78 is 6.51. The number of rotatable bonds is 4. The van der Waals surface area contributed by atoms with Crippen molar-refractivity contribution in [2.45, 2.75) is 6.92 Å². The lowest BCUT2D eigenvalue weighted by Gasteiger charge is -2.11. The zero-order valence-corrected chi connectivity index (χ0v) is 12.3. The number of para-hydroxylation sites is 2. The van der Waals surface area contributed by atoms with Gasteiger partial charge >= 0.3 is 0 Å². The Morgan fingerprint density at radius 1 is 1.29 bits per heavy atom. The minimum Gasteiger partial charge on any atom is -0.492 e. The Labute approximate surface area is 126 Å². The average molecular weight is 298 g/mol. The molecule has 0 aliphatic heterocycles. The van der Waals surface area contributed by atoms with E-state index in [1.54, 1.807) is 11.6 Å². The molecular weight excluding hydrogens is 284 g/mol. The highest BCUT2D eigenvalue weighted by Crippen LogP contribution is 2.25. The van der Waals surface area contributed by atoms with Gasteiger partial charge in [-0.1, -0.05) is 12.1 Å². The number of carbonyl (C=O) groups excluding carboxylic acids is 1. The summed E-state index contributed by atoms with van der Waals surface area (Å²) in [6.07, 6.45) is 0. The zero-order valence-electron chi connectivity index (χ0n) is 11.5. The fourth-order valence-electron chi connectivity index (χ4n) is 2.04. The van der Waals surface area contributed by atoms with Crippen molar-refractivity contribution in [1.29, 1.82) is 0 Å². The summed E-state index contributed by atoms with van der Waals surface area (Å²) in [5.41, 5.74) is 3.97. The van der Waals surface area contributed by atoms with E-state index < -0.39 is 0 Å². The Bertz CT molecular complexity index is 783. The third-order valence-corrected chi connectivity index (χ3v) is 3.82. The maximum absolute atomic E-state index is 12.4. The van der Waals surface area contributed by atoms with Crippen molar-refractivity contribution in [1.82, 2.24) is 4.98 Å². The van der Waals surface area contributed by atoms with Crippen LogP contribution in [-0.4, -0.2) is 17.5 Å². The van der Waals surface area contributed by atoms with E-state index in [9.17, 15) is 4.79 Å². The normalized spacial score (nSPS) is 10.5. The van der Waals surface area contributed by atoms with Crippen molar-refractivity contribution < 1.29 is 9.53 Å². The summed E-state index contributed by atoms with van der Waals surface area (Å²) in [6, 6.07) is 12.9. The highest BCUT2D eigenvalue weighted by Gasteiger charge is 2.10. The molecule has 1 aromatic heterocycles. The van der Waals surface area contributed by atoms with Crippen molar-refractivity contribution in [2.75, 3.05) is 11.9 Å². The number of aromatic nitrogens is 1. The molecule has 1 heterocycles. The molecule has 1 amide bonds. The van der Waals surface area contributed by atoms with Crippen LogP contribution < -0.4 is 10.1 Å². The first kappa shape index (κ1) is 13.6. The first-order chi connectivity index (χ1) is 10.3. The summed E-state index contributed by atoms with van der Waals surface area (Å²) in [4.78, 5) is 16.6. The highest BCUT2D eigenvalue weighted by molar-refractivity contribution is 7.16. The molecule has 4 nitrogen and oxygen atoms in total. The third kappa shape index (κ3) is 2.87. The van der Waals surface area contributed by atoms with Crippen molar-refractivity contribution in [2.24, 2.45) is 0 Å². The summed E-state index contributed by atoms with van der Waals surface area (Å²) in [5, 5.41) is 2.89. The first-order valence-electron chi connectivity index (χ1n) is 6.64. The average Bonchev–Trinajstić information content (AvgIpc) is 2.97. The van der Waals surface area contributed by atoms with E-state index in [-0.39, 0.29) is 5.91 Å². The Balaban J connectivity index is 1.85. The lowest BCUT2D eigenvalue weighted by molar-refractivity contribution is 0.102. The van der Waals surface area contributed by atoms with Gasteiger partial charge in [0, 0.05) is 5.56 Å². The van der Waals surface area contributed by atoms with Crippen LogP contribution in [0.3, 0.4) is 0 Å². The summed E-state index contributed by atoms with van der Waals surface area (Å²) >= 11 is 1.52. The number of ether oxygens (including phenoxy) is 1. The molecule has 0 aliphatic rings. The Kier molecular flexibility index (Phi) is 3.83. The molecule has 0 spiro atoms. The van der Waals surface area contributed by atoms with Gasteiger partial charge in [0.25, 0.3) is 5.91 Å². The van der Waals surface area contributed by atoms with E-state index in [0.717, 1.165) is 10.2 Å². The molecule has 3 rings (SSSR count). The number of fused-ring (bicyclic) bond motifs is 1. The molecule has 3 aromatic rings. The number of carbonyl (C=O) groups is 1. The Hall–Kier alpha value is -2.40. The number of hydrogen-bond donors (Lipinski definition) is 1. The molecule has 0 fully saturated rings. The lowest BCUT2D eigenvalue weighted by Crippen LogP contribution is -2.12. The molecule has 0 saturated heterocycles. The maximum atomic E-state index is 12.4. The molecule has 0 radical (unpaired) electrons. The van der Waals surface area contributed by atoms with Gasteiger partial charge in [-0.15, -0.1) is 11.3 Å². The van der Waals surface area contributed by atoms with Crippen LogP contribution in [0.5, 0.6) is 5.75 Å². The van der Waals surface area contributed by atoms with Crippen LogP contribution in [0.4, 0.5) is 5.69 Å². The Morgan fingerprint density at radius 3 is 3.00 bits per heavy atom. The van der Waals surface area contributed by atoms with E-state index in [1.165, 1.54) is 11.3 Å². The summed E-state index contributed by atoms with van der Waals surface area (Å²) in [5.74, 6) is 0.518. The highest BCUT2D eigenvalue weighted by atomic mass is 32.1. The second-order valence-corrected chi connectivity index (χ2v) is 5.30. The lowest BCUT2D eigenvalue weighted by atomic mass is 10.2. The van der Waals surface area contributed by atoms with Crippen molar-refractivity contribution in [3.05, 3.63) is 53.5 Å². The van der Waals surface area contributed by atoms with Crippen LogP contribution in [-0.2, 0) is 0 Å². The molecule has 1 N–H and O–H groups in total. The first-order valence-corrected chi connectivity index (χ1v) is 7.52. The van der Waals surface area contributed by atoms with Gasteiger partial charge in [0.1, 0.15) is 5.75 Å². The number of nitrogens with zero attached hydrogens (tertiary/aromatic N) is 1. The molecule has 0 atom stereocenters. The van der Waals surface area contributed by atoms with Gasteiger partial charge in [0.2, 0.25) is 0 Å². The second-order valence-electron chi connectivity index (χ2n) is 4.42. The van der Waals surface area contributed by atoms with Crippen LogP contribution in [0.25, 0.3) is 10.2 Å². The molecule has 5 heteroatoms. The fraction of sp³-hybridized carbons (Fsp3) is 0.125. The summed E-state index contributed by atoms with van der Waals surface area (Å²) in [6.45, 7) is 2.47. The fourth-order valence-corrected chi connectivity index (χ4v) is 2.76. The predicted octanol–water partition coefficient (Wildman–Crippen LogP) is 3.95. The number of amides is 1.